The smallest absolute Gasteiger partial charge is 0.243 e. The van der Waals surface area contributed by atoms with Gasteiger partial charge in [-0.25, -0.2) is 13.4 Å². The van der Waals surface area contributed by atoms with E-state index in [1.807, 2.05) is 11.4 Å². The number of nitrogens with one attached hydrogen (secondary N) is 1. The van der Waals surface area contributed by atoms with Crippen molar-refractivity contribution < 1.29 is 12.8 Å². The van der Waals surface area contributed by atoms with E-state index in [1.54, 1.807) is 47.1 Å². The molecule has 1 aliphatic heterocycles. The fourth-order valence-corrected chi connectivity index (χ4v) is 5.45. The van der Waals surface area contributed by atoms with Crippen molar-refractivity contribution in [3.05, 3.63) is 53.8 Å². The van der Waals surface area contributed by atoms with Crippen LogP contribution in [0.2, 0.25) is 0 Å². The highest BCUT2D eigenvalue weighted by molar-refractivity contribution is 7.89. The molecule has 1 N–H and O–H groups in total. The van der Waals surface area contributed by atoms with Gasteiger partial charge in [-0.05, 0) is 37.1 Å². The fourth-order valence-electron chi connectivity index (χ4n) is 3.22. The van der Waals surface area contributed by atoms with Crippen molar-refractivity contribution in [3.63, 3.8) is 0 Å². The van der Waals surface area contributed by atoms with Gasteiger partial charge in [0, 0.05) is 24.0 Å². The fraction of sp³-hybridized carbons (Fsp3) is 0.300. The number of aromatic nitrogens is 1. The number of anilines is 1. The normalized spacial score (nSPS) is 16.1. The maximum Gasteiger partial charge on any atom is 0.243 e. The number of furan rings is 1. The average Bonchev–Trinajstić information content (AvgIpc) is 3.34. The molecule has 152 valence electrons. The molecule has 2 aromatic heterocycles. The van der Waals surface area contributed by atoms with Crippen LogP contribution in [0.4, 0.5) is 5.13 Å². The predicted octanol–water partition coefficient (Wildman–Crippen LogP) is 4.41. The molecule has 1 fully saturated rings. The lowest BCUT2D eigenvalue weighted by Crippen LogP contribution is -2.31. The minimum atomic E-state index is -3.49. The number of rotatable bonds is 6. The lowest BCUT2D eigenvalue weighted by atomic mass is 10.2. The molecule has 0 spiro atoms. The van der Waals surface area contributed by atoms with E-state index in [0.29, 0.717) is 34.6 Å². The van der Waals surface area contributed by atoms with Crippen molar-refractivity contribution in [1.82, 2.24) is 9.29 Å². The standard InChI is InChI=1S/C20H22N4O3S2/c25-29(26,24-10-3-1-2-4-11-24)18-9-5-7-16(13-18)19-15-28-20(22-19)23-21-14-17-8-6-12-27-17/h5-9,12-15H,1-4,10-11H2,(H,22,23). The van der Waals surface area contributed by atoms with E-state index in [-0.39, 0.29) is 0 Å². The predicted molar refractivity (Wildman–Crippen MR) is 115 cm³/mol. The lowest BCUT2D eigenvalue weighted by molar-refractivity contribution is 0.424. The number of hydrogen-bond donors (Lipinski definition) is 1. The molecule has 7 nitrogen and oxygen atoms in total. The number of hydrazone groups is 1. The Morgan fingerprint density at radius 3 is 2.72 bits per heavy atom. The maximum absolute atomic E-state index is 13.1. The van der Waals surface area contributed by atoms with Gasteiger partial charge in [-0.2, -0.15) is 9.41 Å². The Morgan fingerprint density at radius 2 is 1.97 bits per heavy atom. The van der Waals surface area contributed by atoms with Crippen LogP contribution in [-0.4, -0.2) is 37.0 Å². The Labute approximate surface area is 174 Å². The summed E-state index contributed by atoms with van der Waals surface area (Å²) in [4.78, 5) is 4.82. The van der Waals surface area contributed by atoms with E-state index in [1.165, 1.54) is 11.3 Å². The molecule has 0 unspecified atom stereocenters. The number of nitrogens with zero attached hydrogens (tertiary/aromatic N) is 3. The monoisotopic (exact) mass is 430 g/mol. The molecule has 4 rings (SSSR count). The van der Waals surface area contributed by atoms with Crippen molar-refractivity contribution in [2.45, 2.75) is 30.6 Å². The van der Waals surface area contributed by atoms with Crippen molar-refractivity contribution in [2.75, 3.05) is 18.5 Å². The van der Waals surface area contributed by atoms with Crippen LogP contribution in [0.3, 0.4) is 0 Å². The molecular formula is C20H22N4O3S2. The number of thiazole rings is 1. The molecule has 3 heterocycles. The van der Waals surface area contributed by atoms with Crippen LogP contribution in [0, 0.1) is 0 Å². The van der Waals surface area contributed by atoms with Gasteiger partial charge in [-0.1, -0.05) is 25.0 Å². The zero-order chi connectivity index (χ0) is 20.1. The summed E-state index contributed by atoms with van der Waals surface area (Å²) in [6, 6.07) is 10.6. The van der Waals surface area contributed by atoms with Gasteiger partial charge in [0.1, 0.15) is 5.76 Å². The SMILES string of the molecule is O=S(=O)(c1cccc(-c2csc(NN=Cc3ccco3)n2)c1)N1CCCCCC1. The highest BCUT2D eigenvalue weighted by Crippen LogP contribution is 2.28. The van der Waals surface area contributed by atoms with Gasteiger partial charge >= 0.3 is 0 Å². The highest BCUT2D eigenvalue weighted by Gasteiger charge is 2.25. The summed E-state index contributed by atoms with van der Waals surface area (Å²) < 4.78 is 32.9. The van der Waals surface area contributed by atoms with Crippen LogP contribution in [0.1, 0.15) is 31.4 Å². The zero-order valence-corrected chi connectivity index (χ0v) is 17.5. The van der Waals surface area contributed by atoms with Crippen LogP contribution in [0.5, 0.6) is 0 Å². The Morgan fingerprint density at radius 1 is 1.14 bits per heavy atom. The van der Waals surface area contributed by atoms with Crippen molar-refractivity contribution in [1.29, 1.82) is 0 Å². The van der Waals surface area contributed by atoms with Crippen LogP contribution in [-0.2, 0) is 10.0 Å². The molecule has 0 radical (unpaired) electrons. The Kier molecular flexibility index (Phi) is 6.08. The molecule has 9 heteroatoms. The summed E-state index contributed by atoms with van der Waals surface area (Å²) in [5.74, 6) is 0.640. The van der Waals surface area contributed by atoms with E-state index in [2.05, 4.69) is 15.5 Å². The second-order valence-electron chi connectivity index (χ2n) is 6.77. The summed E-state index contributed by atoms with van der Waals surface area (Å²) in [6.45, 7) is 1.18. The minimum absolute atomic E-state index is 0.315. The molecule has 0 atom stereocenters. The van der Waals surface area contributed by atoms with Gasteiger partial charge in [0.15, 0.2) is 0 Å². The highest BCUT2D eigenvalue weighted by atomic mass is 32.2. The molecule has 1 saturated heterocycles. The Bertz CT molecular complexity index is 1070. The number of hydrogen-bond acceptors (Lipinski definition) is 7. The number of sulfonamides is 1. The second kappa shape index (κ2) is 8.89. The third kappa shape index (κ3) is 4.75. The van der Waals surface area contributed by atoms with E-state index >= 15 is 0 Å². The Hall–Kier alpha value is -2.49. The topological polar surface area (TPSA) is 87.8 Å². The van der Waals surface area contributed by atoms with E-state index in [9.17, 15) is 8.42 Å². The minimum Gasteiger partial charge on any atom is -0.463 e. The largest absolute Gasteiger partial charge is 0.463 e. The van der Waals surface area contributed by atoms with Crippen molar-refractivity contribution >= 4 is 32.7 Å². The summed E-state index contributed by atoms with van der Waals surface area (Å²) >= 11 is 1.40. The number of benzene rings is 1. The molecule has 3 aromatic rings. The summed E-state index contributed by atoms with van der Waals surface area (Å²) in [6.07, 6.45) is 7.15. The van der Waals surface area contributed by atoms with E-state index in [4.69, 9.17) is 4.42 Å². The lowest BCUT2D eigenvalue weighted by Gasteiger charge is -2.20. The molecule has 29 heavy (non-hydrogen) atoms. The first-order valence-electron chi connectivity index (χ1n) is 9.52. The molecule has 0 aliphatic carbocycles. The van der Waals surface area contributed by atoms with Crippen LogP contribution >= 0.6 is 11.3 Å². The van der Waals surface area contributed by atoms with Crippen molar-refractivity contribution in [3.8, 4) is 11.3 Å². The Balaban J connectivity index is 1.50. The van der Waals surface area contributed by atoms with E-state index in [0.717, 1.165) is 31.2 Å². The summed E-state index contributed by atoms with van der Waals surface area (Å²) in [7, 11) is -3.49. The van der Waals surface area contributed by atoms with Gasteiger partial charge in [-0.3, -0.25) is 5.43 Å². The summed E-state index contributed by atoms with van der Waals surface area (Å²) in [5.41, 5.74) is 4.34. The van der Waals surface area contributed by atoms with Gasteiger partial charge in [-0.15, -0.1) is 11.3 Å². The maximum atomic E-state index is 13.1. The first-order chi connectivity index (χ1) is 14.1. The molecule has 0 saturated carbocycles. The third-order valence-electron chi connectivity index (χ3n) is 4.73. The van der Waals surface area contributed by atoms with Gasteiger partial charge in [0.2, 0.25) is 15.2 Å². The molecule has 1 aromatic carbocycles. The third-order valence-corrected chi connectivity index (χ3v) is 7.37. The molecule has 0 bridgehead atoms. The second-order valence-corrected chi connectivity index (χ2v) is 9.57. The molecular weight excluding hydrogens is 408 g/mol. The van der Waals surface area contributed by atoms with Crippen LogP contribution in [0.25, 0.3) is 11.3 Å². The average molecular weight is 431 g/mol. The molecule has 0 amide bonds. The van der Waals surface area contributed by atoms with Crippen LogP contribution < -0.4 is 5.43 Å². The quantitative estimate of drug-likeness (QED) is 0.462. The molecule has 1 aliphatic rings. The first kappa shape index (κ1) is 19.8. The van der Waals surface area contributed by atoms with E-state index < -0.39 is 10.0 Å². The zero-order valence-electron chi connectivity index (χ0n) is 15.8. The first-order valence-corrected chi connectivity index (χ1v) is 11.8. The van der Waals surface area contributed by atoms with Crippen LogP contribution in [0.15, 0.2) is 62.5 Å². The summed E-state index contributed by atoms with van der Waals surface area (Å²) in [5, 5.41) is 6.59. The van der Waals surface area contributed by atoms with Gasteiger partial charge in [0.05, 0.1) is 23.1 Å². The van der Waals surface area contributed by atoms with Gasteiger partial charge in [0.25, 0.3) is 0 Å². The van der Waals surface area contributed by atoms with Gasteiger partial charge < -0.3 is 4.42 Å². The van der Waals surface area contributed by atoms with Crippen molar-refractivity contribution in [2.24, 2.45) is 5.10 Å².